The quantitative estimate of drug-likeness (QED) is 0.336. The van der Waals surface area contributed by atoms with Gasteiger partial charge in [-0.1, -0.05) is 12.1 Å². The molecule has 0 N–H and O–H groups in total. The van der Waals surface area contributed by atoms with Gasteiger partial charge in [0.05, 0.1) is 25.4 Å². The zero-order valence-electron chi connectivity index (χ0n) is 21.9. The molecule has 0 bridgehead atoms. The van der Waals surface area contributed by atoms with E-state index in [1.54, 1.807) is 0 Å². The van der Waals surface area contributed by atoms with Gasteiger partial charge < -0.3 is 18.9 Å². The average molecular weight is 479 g/mol. The van der Waals surface area contributed by atoms with E-state index in [2.05, 4.69) is 0 Å². The lowest BCUT2D eigenvalue weighted by atomic mass is 9.87. The third kappa shape index (κ3) is 7.38. The van der Waals surface area contributed by atoms with Gasteiger partial charge in [0.15, 0.2) is 28.8 Å². The van der Waals surface area contributed by atoms with E-state index in [1.807, 2.05) is 90.1 Å². The van der Waals surface area contributed by atoms with Crippen LogP contribution in [0.15, 0.2) is 47.5 Å². The molecule has 0 heterocycles. The van der Waals surface area contributed by atoms with Crippen LogP contribution in [0.2, 0.25) is 0 Å². The highest BCUT2D eigenvalue weighted by atomic mass is 16.5. The number of allylic oxidation sites excluding steroid dienone is 2. The molecule has 1 aliphatic carbocycles. The highest BCUT2D eigenvalue weighted by Gasteiger charge is 2.21. The van der Waals surface area contributed by atoms with E-state index in [9.17, 15) is 4.79 Å². The summed E-state index contributed by atoms with van der Waals surface area (Å²) in [7, 11) is 0. The van der Waals surface area contributed by atoms with Crippen molar-refractivity contribution in [3.8, 4) is 23.0 Å². The third-order valence-corrected chi connectivity index (χ3v) is 5.42. The fourth-order valence-electron chi connectivity index (χ4n) is 4.05. The SMILES string of the molecule is CCOc1cc(/C=C2/CCC/C(=C\c3ccc(OC(C)C)c(OCC)c3)C2=O)ccc1OC(C)C. The van der Waals surface area contributed by atoms with Crippen LogP contribution in [0.5, 0.6) is 23.0 Å². The van der Waals surface area contributed by atoms with Crippen LogP contribution in [-0.4, -0.2) is 31.2 Å². The number of ether oxygens (including phenoxy) is 4. The summed E-state index contributed by atoms with van der Waals surface area (Å²) >= 11 is 0. The highest BCUT2D eigenvalue weighted by molar-refractivity contribution is 6.14. The number of Topliss-reactive ketones (excluding diaryl/α,β-unsaturated/α-hetero) is 1. The Labute approximate surface area is 209 Å². The number of carbonyl (C=O) groups is 1. The number of rotatable bonds is 10. The van der Waals surface area contributed by atoms with Crippen molar-refractivity contribution in [2.45, 2.75) is 73.0 Å². The summed E-state index contributed by atoms with van der Waals surface area (Å²) in [6, 6.07) is 11.7. The van der Waals surface area contributed by atoms with Crippen molar-refractivity contribution in [2.75, 3.05) is 13.2 Å². The lowest BCUT2D eigenvalue weighted by Crippen LogP contribution is -2.12. The first-order valence-electron chi connectivity index (χ1n) is 12.6. The fraction of sp³-hybridized carbons (Fsp3) is 0.433. The normalized spacial score (nSPS) is 16.3. The molecule has 1 aliphatic rings. The average Bonchev–Trinajstić information content (AvgIpc) is 2.80. The summed E-state index contributed by atoms with van der Waals surface area (Å²) in [5.41, 5.74) is 3.49. The van der Waals surface area contributed by atoms with Crippen molar-refractivity contribution in [3.63, 3.8) is 0 Å². The van der Waals surface area contributed by atoms with E-state index in [1.165, 1.54) is 0 Å². The highest BCUT2D eigenvalue weighted by Crippen LogP contribution is 2.34. The van der Waals surface area contributed by atoms with Gasteiger partial charge in [-0.25, -0.2) is 0 Å². The lowest BCUT2D eigenvalue weighted by molar-refractivity contribution is -0.112. The number of hydrogen-bond donors (Lipinski definition) is 0. The molecule has 0 atom stereocenters. The Kier molecular flexibility index (Phi) is 9.41. The fourth-order valence-corrected chi connectivity index (χ4v) is 4.05. The molecule has 5 heteroatoms. The molecule has 3 rings (SSSR count). The number of hydrogen-bond acceptors (Lipinski definition) is 5. The summed E-state index contributed by atoms with van der Waals surface area (Å²) in [6.07, 6.45) is 6.51. The first kappa shape index (κ1) is 26.4. The molecule has 2 aromatic carbocycles. The first-order valence-corrected chi connectivity index (χ1v) is 12.6. The van der Waals surface area contributed by atoms with Crippen molar-refractivity contribution in [1.82, 2.24) is 0 Å². The van der Waals surface area contributed by atoms with E-state index in [0.29, 0.717) is 24.7 Å². The number of carbonyl (C=O) groups excluding carboxylic acids is 1. The molecule has 0 spiro atoms. The Bertz CT molecular complexity index is 995. The topological polar surface area (TPSA) is 54.0 Å². The molecule has 188 valence electrons. The molecule has 0 unspecified atom stereocenters. The van der Waals surface area contributed by atoms with Gasteiger partial charge in [-0.05, 0) is 108 Å². The Morgan fingerprint density at radius 3 is 1.51 bits per heavy atom. The standard InChI is InChI=1S/C30H38O5/c1-7-32-28-18-22(12-14-26(28)34-20(3)4)16-24-10-9-11-25(30(24)31)17-23-13-15-27(35-21(5)6)29(19-23)33-8-2/h12-21H,7-11H2,1-6H3/b24-16-,25-17+. The summed E-state index contributed by atoms with van der Waals surface area (Å²) in [5, 5.41) is 0. The second-order valence-corrected chi connectivity index (χ2v) is 9.13. The maximum atomic E-state index is 13.3. The molecule has 0 aliphatic heterocycles. The minimum Gasteiger partial charge on any atom is -0.490 e. The minimum atomic E-state index is 0.0558. The second kappa shape index (κ2) is 12.5. The van der Waals surface area contributed by atoms with Crippen LogP contribution in [-0.2, 0) is 4.79 Å². The number of ketones is 1. The van der Waals surface area contributed by atoms with E-state index >= 15 is 0 Å². The van der Waals surface area contributed by atoms with Gasteiger partial charge in [0.2, 0.25) is 0 Å². The van der Waals surface area contributed by atoms with E-state index in [4.69, 9.17) is 18.9 Å². The lowest BCUT2D eigenvalue weighted by Gasteiger charge is -2.18. The van der Waals surface area contributed by atoms with Crippen molar-refractivity contribution in [2.24, 2.45) is 0 Å². The third-order valence-electron chi connectivity index (χ3n) is 5.42. The van der Waals surface area contributed by atoms with Crippen LogP contribution in [0.4, 0.5) is 0 Å². The first-order chi connectivity index (χ1) is 16.8. The Balaban J connectivity index is 1.87. The predicted octanol–water partition coefficient (Wildman–Crippen LogP) is 7.28. The summed E-state index contributed by atoms with van der Waals surface area (Å²) in [4.78, 5) is 13.3. The molecule has 1 saturated carbocycles. The maximum absolute atomic E-state index is 13.3. The zero-order chi connectivity index (χ0) is 25.4. The van der Waals surface area contributed by atoms with Crippen LogP contribution in [0.1, 0.15) is 71.9 Å². The van der Waals surface area contributed by atoms with Gasteiger partial charge in [0, 0.05) is 11.1 Å². The van der Waals surface area contributed by atoms with Crippen LogP contribution in [0.3, 0.4) is 0 Å². The van der Waals surface area contributed by atoms with Gasteiger partial charge in [-0.15, -0.1) is 0 Å². The molecule has 5 nitrogen and oxygen atoms in total. The minimum absolute atomic E-state index is 0.0558. The Morgan fingerprint density at radius 2 is 1.14 bits per heavy atom. The van der Waals surface area contributed by atoms with Crippen molar-refractivity contribution in [3.05, 3.63) is 58.7 Å². The van der Waals surface area contributed by atoms with Crippen LogP contribution in [0, 0.1) is 0 Å². The van der Waals surface area contributed by atoms with Gasteiger partial charge in [0.1, 0.15) is 0 Å². The largest absolute Gasteiger partial charge is 0.490 e. The van der Waals surface area contributed by atoms with Gasteiger partial charge >= 0.3 is 0 Å². The van der Waals surface area contributed by atoms with Crippen molar-refractivity contribution < 1.29 is 23.7 Å². The summed E-state index contributed by atoms with van der Waals surface area (Å²) < 4.78 is 23.3. The second-order valence-electron chi connectivity index (χ2n) is 9.13. The summed E-state index contributed by atoms with van der Waals surface area (Å²) in [6.45, 7) is 12.9. The van der Waals surface area contributed by atoms with E-state index in [0.717, 1.165) is 53.0 Å². The van der Waals surface area contributed by atoms with Gasteiger partial charge in [-0.2, -0.15) is 0 Å². The molecular weight excluding hydrogens is 440 g/mol. The Hall–Kier alpha value is -3.21. The van der Waals surface area contributed by atoms with Gasteiger partial charge in [-0.3, -0.25) is 4.79 Å². The molecule has 2 aromatic rings. The Morgan fingerprint density at radius 1 is 0.714 bits per heavy atom. The molecular formula is C30H38O5. The van der Waals surface area contributed by atoms with Gasteiger partial charge in [0.25, 0.3) is 0 Å². The molecule has 35 heavy (non-hydrogen) atoms. The molecule has 0 radical (unpaired) electrons. The monoisotopic (exact) mass is 478 g/mol. The van der Waals surface area contributed by atoms with Crippen LogP contribution < -0.4 is 18.9 Å². The number of benzene rings is 2. The summed E-state index contributed by atoms with van der Waals surface area (Å²) in [5.74, 6) is 2.92. The van der Waals surface area contributed by atoms with Crippen molar-refractivity contribution >= 4 is 17.9 Å². The van der Waals surface area contributed by atoms with Crippen molar-refractivity contribution in [1.29, 1.82) is 0 Å². The molecule has 0 saturated heterocycles. The van der Waals surface area contributed by atoms with Crippen LogP contribution >= 0.6 is 0 Å². The maximum Gasteiger partial charge on any atom is 0.185 e. The predicted molar refractivity (Wildman–Crippen MR) is 142 cm³/mol. The smallest absolute Gasteiger partial charge is 0.185 e. The zero-order valence-corrected chi connectivity index (χ0v) is 21.9. The van der Waals surface area contributed by atoms with E-state index in [-0.39, 0.29) is 18.0 Å². The van der Waals surface area contributed by atoms with E-state index < -0.39 is 0 Å². The van der Waals surface area contributed by atoms with Crippen LogP contribution in [0.25, 0.3) is 12.2 Å². The molecule has 0 amide bonds. The molecule has 1 fully saturated rings. The molecule has 0 aromatic heterocycles.